The Kier molecular flexibility index (Phi) is 6.28. The first-order chi connectivity index (χ1) is 12.1. The van der Waals surface area contributed by atoms with Crippen LogP contribution in [0.15, 0.2) is 6.07 Å². The molecule has 2 unspecified atom stereocenters. The average Bonchev–Trinajstić information content (AvgIpc) is 2.50. The molecule has 7 nitrogen and oxygen atoms in total. The molecule has 144 valence electrons. The number of ether oxygens (including phenoxy) is 1. The van der Waals surface area contributed by atoms with Crippen LogP contribution in [0.25, 0.3) is 0 Å². The van der Waals surface area contributed by atoms with Crippen LogP contribution in [0.5, 0.6) is 0 Å². The van der Waals surface area contributed by atoms with E-state index in [0.29, 0.717) is 12.8 Å². The molecule has 0 bridgehead atoms. The van der Waals surface area contributed by atoms with E-state index in [-0.39, 0.29) is 23.1 Å². The number of nitrogens with one attached hydrogen (secondary N) is 2. The molecule has 0 aromatic carbocycles. The summed E-state index contributed by atoms with van der Waals surface area (Å²) in [5.74, 6) is -2.30. The maximum atomic E-state index is 14.2. The van der Waals surface area contributed by atoms with E-state index in [4.69, 9.17) is 21.4 Å². The summed E-state index contributed by atoms with van der Waals surface area (Å²) in [4.78, 5) is 26.8. The third-order valence-corrected chi connectivity index (χ3v) is 4.24. The monoisotopic (exact) mass is 387 g/mol. The van der Waals surface area contributed by atoms with Gasteiger partial charge in [0.25, 0.3) is 0 Å². The van der Waals surface area contributed by atoms with Gasteiger partial charge >= 0.3 is 12.1 Å². The first-order valence-electron chi connectivity index (χ1n) is 8.42. The average molecular weight is 388 g/mol. The van der Waals surface area contributed by atoms with Crippen molar-refractivity contribution in [2.45, 2.75) is 64.1 Å². The molecule has 26 heavy (non-hydrogen) atoms. The standard InChI is InChI=1S/C17H23ClFN3O4/c1-17(2,3)26-16(25)21-12-7-5-4-6-11(12)20-14-10(19)8-9(15(23)24)13(18)22-14/h8,11-12H,4-7H2,1-3H3,(H,20,22)(H,21,25)(H,23,24). The zero-order chi connectivity index (χ0) is 19.5. The molecule has 0 saturated heterocycles. The zero-order valence-electron chi connectivity index (χ0n) is 14.9. The molecule has 9 heteroatoms. The van der Waals surface area contributed by atoms with Crippen molar-refractivity contribution in [1.29, 1.82) is 0 Å². The largest absolute Gasteiger partial charge is 0.478 e. The fraction of sp³-hybridized carbons (Fsp3) is 0.588. The van der Waals surface area contributed by atoms with Crippen molar-refractivity contribution in [3.8, 4) is 0 Å². The SMILES string of the molecule is CC(C)(C)OC(=O)NC1CCCCC1Nc1nc(Cl)c(C(=O)O)cc1F. The van der Waals surface area contributed by atoms with Crippen molar-refractivity contribution < 1.29 is 23.8 Å². The molecule has 0 aliphatic heterocycles. The lowest BCUT2D eigenvalue weighted by Crippen LogP contribution is -2.50. The van der Waals surface area contributed by atoms with Gasteiger partial charge in [0.05, 0.1) is 11.6 Å². The molecule has 1 amide bonds. The van der Waals surface area contributed by atoms with Crippen LogP contribution in [0.1, 0.15) is 56.8 Å². The minimum atomic E-state index is -1.35. The number of alkyl carbamates (subject to hydrolysis) is 1. The van der Waals surface area contributed by atoms with Crippen molar-refractivity contribution >= 4 is 29.5 Å². The zero-order valence-corrected chi connectivity index (χ0v) is 15.7. The number of carboxylic acid groups (broad SMARTS) is 1. The Morgan fingerprint density at radius 2 is 1.92 bits per heavy atom. The van der Waals surface area contributed by atoms with Crippen LogP contribution in [0.4, 0.5) is 15.0 Å². The van der Waals surface area contributed by atoms with Crippen molar-refractivity contribution in [1.82, 2.24) is 10.3 Å². The number of anilines is 1. The first-order valence-corrected chi connectivity index (χ1v) is 8.80. The number of hydrogen-bond donors (Lipinski definition) is 3. The van der Waals surface area contributed by atoms with E-state index in [1.54, 1.807) is 20.8 Å². The second-order valence-corrected chi connectivity index (χ2v) is 7.61. The van der Waals surface area contributed by atoms with E-state index in [1.165, 1.54) is 0 Å². The Morgan fingerprint density at radius 3 is 2.50 bits per heavy atom. The number of carboxylic acids is 1. The smallest absolute Gasteiger partial charge is 0.407 e. The lowest BCUT2D eigenvalue weighted by molar-refractivity contribution is 0.0488. The molecule has 0 spiro atoms. The van der Waals surface area contributed by atoms with Crippen molar-refractivity contribution in [2.24, 2.45) is 0 Å². The molecule has 1 heterocycles. The highest BCUT2D eigenvalue weighted by atomic mass is 35.5. The van der Waals surface area contributed by atoms with Gasteiger partial charge in [-0.2, -0.15) is 0 Å². The molecule has 2 atom stereocenters. The maximum absolute atomic E-state index is 14.2. The predicted molar refractivity (Wildman–Crippen MR) is 95.2 cm³/mol. The number of aromatic carboxylic acids is 1. The van der Waals surface area contributed by atoms with Crippen LogP contribution in [-0.4, -0.2) is 39.8 Å². The highest BCUT2D eigenvalue weighted by Gasteiger charge is 2.29. The van der Waals surface area contributed by atoms with Gasteiger partial charge < -0.3 is 20.5 Å². The molecule has 1 saturated carbocycles. The second-order valence-electron chi connectivity index (χ2n) is 7.25. The molecule has 1 aliphatic rings. The lowest BCUT2D eigenvalue weighted by atomic mass is 9.90. The Bertz CT molecular complexity index is 693. The van der Waals surface area contributed by atoms with Gasteiger partial charge in [-0.1, -0.05) is 24.4 Å². The number of aromatic nitrogens is 1. The number of amides is 1. The summed E-state index contributed by atoms with van der Waals surface area (Å²) in [7, 11) is 0. The molecule has 1 fully saturated rings. The summed E-state index contributed by atoms with van der Waals surface area (Å²) in [6.45, 7) is 5.32. The highest BCUT2D eigenvalue weighted by molar-refractivity contribution is 6.32. The Hall–Kier alpha value is -2.09. The van der Waals surface area contributed by atoms with E-state index in [9.17, 15) is 14.0 Å². The third kappa shape index (κ3) is 5.45. The van der Waals surface area contributed by atoms with Gasteiger partial charge in [-0.3, -0.25) is 0 Å². The van der Waals surface area contributed by atoms with Gasteiger partial charge in [0, 0.05) is 6.04 Å². The number of rotatable bonds is 4. The minimum Gasteiger partial charge on any atom is -0.478 e. The van der Waals surface area contributed by atoms with Crippen LogP contribution in [0.2, 0.25) is 5.15 Å². The Balaban J connectivity index is 2.12. The normalized spacial score (nSPS) is 20.3. The van der Waals surface area contributed by atoms with E-state index in [0.717, 1.165) is 18.9 Å². The topological polar surface area (TPSA) is 101 Å². The van der Waals surface area contributed by atoms with Gasteiger partial charge in [-0.25, -0.2) is 19.0 Å². The molecule has 1 aromatic heterocycles. The molecular formula is C17H23ClFN3O4. The van der Waals surface area contributed by atoms with E-state index >= 15 is 0 Å². The van der Waals surface area contributed by atoms with Gasteiger partial charge in [-0.15, -0.1) is 0 Å². The van der Waals surface area contributed by atoms with Crippen LogP contribution in [-0.2, 0) is 4.74 Å². The second kappa shape index (κ2) is 8.07. The highest BCUT2D eigenvalue weighted by Crippen LogP contribution is 2.26. The Labute approximate surface area is 156 Å². The fourth-order valence-corrected chi connectivity index (χ4v) is 3.05. The van der Waals surface area contributed by atoms with Crippen LogP contribution in [0, 0.1) is 5.82 Å². The fourth-order valence-electron chi connectivity index (χ4n) is 2.83. The van der Waals surface area contributed by atoms with Gasteiger partial charge in [0.1, 0.15) is 10.8 Å². The summed E-state index contributed by atoms with van der Waals surface area (Å²) in [5.41, 5.74) is -1.02. The van der Waals surface area contributed by atoms with Crippen LogP contribution in [0.3, 0.4) is 0 Å². The number of carbonyl (C=O) groups is 2. The number of pyridine rings is 1. The van der Waals surface area contributed by atoms with Crippen molar-refractivity contribution in [2.75, 3.05) is 5.32 Å². The molecule has 1 aliphatic carbocycles. The molecule has 3 N–H and O–H groups in total. The summed E-state index contributed by atoms with van der Waals surface area (Å²) in [5, 5.41) is 14.4. The van der Waals surface area contributed by atoms with E-state index < -0.39 is 29.0 Å². The van der Waals surface area contributed by atoms with Crippen LogP contribution >= 0.6 is 11.6 Å². The number of hydrogen-bond acceptors (Lipinski definition) is 5. The molecule has 2 rings (SSSR count). The van der Waals surface area contributed by atoms with Gasteiger partial charge in [-0.05, 0) is 39.7 Å². The first kappa shape index (κ1) is 20.2. The molecule has 1 aromatic rings. The number of halogens is 2. The summed E-state index contributed by atoms with van der Waals surface area (Å²) < 4.78 is 19.5. The number of carbonyl (C=O) groups excluding carboxylic acids is 1. The third-order valence-electron chi connectivity index (χ3n) is 3.95. The van der Waals surface area contributed by atoms with E-state index in [1.807, 2.05) is 0 Å². The van der Waals surface area contributed by atoms with Crippen molar-refractivity contribution in [3.63, 3.8) is 0 Å². The minimum absolute atomic E-state index is 0.136. The lowest BCUT2D eigenvalue weighted by Gasteiger charge is -2.33. The predicted octanol–water partition coefficient (Wildman–Crippen LogP) is 3.82. The maximum Gasteiger partial charge on any atom is 0.407 e. The van der Waals surface area contributed by atoms with Gasteiger partial charge in [0.2, 0.25) is 0 Å². The van der Waals surface area contributed by atoms with Gasteiger partial charge in [0.15, 0.2) is 11.6 Å². The van der Waals surface area contributed by atoms with Crippen LogP contribution < -0.4 is 10.6 Å². The summed E-state index contributed by atoms with van der Waals surface area (Å²) >= 11 is 5.82. The van der Waals surface area contributed by atoms with E-state index in [2.05, 4.69) is 15.6 Å². The number of nitrogens with zero attached hydrogens (tertiary/aromatic N) is 1. The summed E-state index contributed by atoms with van der Waals surface area (Å²) in [6, 6.07) is 0.293. The Morgan fingerprint density at radius 1 is 1.31 bits per heavy atom. The molecular weight excluding hydrogens is 365 g/mol. The quantitative estimate of drug-likeness (QED) is 0.679. The van der Waals surface area contributed by atoms with Crippen molar-refractivity contribution in [3.05, 3.63) is 22.6 Å². The molecule has 0 radical (unpaired) electrons. The summed E-state index contributed by atoms with van der Waals surface area (Å²) in [6.07, 6.45) is 2.70.